The van der Waals surface area contributed by atoms with Crippen molar-refractivity contribution < 1.29 is 27.8 Å². The van der Waals surface area contributed by atoms with Gasteiger partial charge in [-0.2, -0.15) is 4.98 Å². The second-order valence-corrected chi connectivity index (χ2v) is 9.18. The molecule has 0 fully saturated rings. The van der Waals surface area contributed by atoms with Crippen molar-refractivity contribution in [3.8, 4) is 5.75 Å². The monoisotopic (exact) mass is 554 g/mol. The molecule has 212 valence electrons. The van der Waals surface area contributed by atoms with Crippen molar-refractivity contribution in [1.82, 2.24) is 9.97 Å². The molecule has 3 aromatic rings. The number of esters is 1. The van der Waals surface area contributed by atoms with Crippen LogP contribution in [0.25, 0.3) is 0 Å². The Morgan fingerprint density at radius 3 is 2.45 bits per heavy atom. The lowest BCUT2D eigenvalue weighted by atomic mass is 10.1. The minimum atomic E-state index is -0.750. The molecule has 40 heavy (non-hydrogen) atoms. The molecule has 0 saturated heterocycles. The number of rotatable bonds is 12. The SMILES string of the molecule is C/C=C/C(=O)Nc1cccc(Nc2nc(Nc3ccc(O[C@@H](C)COC(=O)[C@@H](N)C(C)C)c(F)c3)ncc2F)c1. The second kappa shape index (κ2) is 14.0. The van der Waals surface area contributed by atoms with Gasteiger partial charge >= 0.3 is 5.97 Å². The van der Waals surface area contributed by atoms with Gasteiger partial charge in [-0.05, 0) is 56.2 Å². The molecule has 12 heteroatoms. The summed E-state index contributed by atoms with van der Waals surface area (Å²) in [6, 6.07) is 10.0. The number of anilines is 5. The lowest BCUT2D eigenvalue weighted by Crippen LogP contribution is -2.38. The van der Waals surface area contributed by atoms with E-state index in [1.807, 2.05) is 0 Å². The third-order valence-electron chi connectivity index (χ3n) is 5.42. The van der Waals surface area contributed by atoms with Crippen molar-refractivity contribution in [1.29, 1.82) is 0 Å². The highest BCUT2D eigenvalue weighted by molar-refractivity contribution is 5.99. The Labute approximate surface area is 231 Å². The Bertz CT molecular complexity index is 1370. The zero-order valence-corrected chi connectivity index (χ0v) is 22.6. The number of aromatic nitrogens is 2. The average Bonchev–Trinajstić information content (AvgIpc) is 2.90. The number of hydrogen-bond donors (Lipinski definition) is 4. The van der Waals surface area contributed by atoms with Gasteiger partial charge in [0.15, 0.2) is 23.2 Å². The molecular formula is C28H32F2N6O4. The van der Waals surface area contributed by atoms with E-state index in [0.717, 1.165) is 6.20 Å². The molecule has 1 aromatic heterocycles. The van der Waals surface area contributed by atoms with E-state index in [0.29, 0.717) is 11.4 Å². The van der Waals surface area contributed by atoms with Gasteiger partial charge in [0.2, 0.25) is 11.9 Å². The molecule has 0 saturated carbocycles. The normalized spacial score (nSPS) is 12.6. The highest BCUT2D eigenvalue weighted by Crippen LogP contribution is 2.26. The van der Waals surface area contributed by atoms with Gasteiger partial charge in [-0.3, -0.25) is 9.59 Å². The van der Waals surface area contributed by atoms with Crippen molar-refractivity contribution >= 4 is 40.7 Å². The Morgan fingerprint density at radius 1 is 1.02 bits per heavy atom. The van der Waals surface area contributed by atoms with Crippen molar-refractivity contribution in [2.45, 2.75) is 39.8 Å². The van der Waals surface area contributed by atoms with Crippen LogP contribution in [-0.4, -0.2) is 40.6 Å². The zero-order chi connectivity index (χ0) is 29.2. The number of carbonyl (C=O) groups is 2. The number of nitrogens with one attached hydrogen (secondary N) is 3. The van der Waals surface area contributed by atoms with Gasteiger partial charge in [0, 0.05) is 23.1 Å². The standard InChI is InChI=1S/C28H32F2N6O4/c1-5-7-24(37)33-18-8-6-9-19(12-18)34-26-22(30)14-32-28(36-26)35-20-10-11-23(21(29)13-20)40-17(4)15-39-27(38)25(31)16(2)3/h5-14,16-17,25H,15,31H2,1-4H3,(H,33,37)(H2,32,34,35,36)/b7-5+/t17-,25-/m0/s1. The summed E-state index contributed by atoms with van der Waals surface area (Å²) in [5, 5.41) is 8.36. The maximum absolute atomic E-state index is 14.7. The van der Waals surface area contributed by atoms with Crippen molar-refractivity contribution in [2.24, 2.45) is 11.7 Å². The van der Waals surface area contributed by atoms with Crippen LogP contribution in [0.4, 0.5) is 37.6 Å². The minimum Gasteiger partial charge on any atom is -0.484 e. The Morgan fingerprint density at radius 2 is 1.75 bits per heavy atom. The number of ether oxygens (including phenoxy) is 2. The van der Waals surface area contributed by atoms with Gasteiger partial charge < -0.3 is 31.2 Å². The van der Waals surface area contributed by atoms with E-state index in [1.165, 1.54) is 24.3 Å². The van der Waals surface area contributed by atoms with Crippen LogP contribution in [0.2, 0.25) is 0 Å². The molecular weight excluding hydrogens is 522 g/mol. The largest absolute Gasteiger partial charge is 0.484 e. The summed E-state index contributed by atoms with van der Waals surface area (Å²) in [7, 11) is 0. The molecule has 0 unspecified atom stereocenters. The molecule has 0 bridgehead atoms. The molecule has 0 aliphatic heterocycles. The first kappa shape index (κ1) is 30.0. The third kappa shape index (κ3) is 8.73. The molecule has 10 nitrogen and oxygen atoms in total. The van der Waals surface area contributed by atoms with Crippen LogP contribution in [0.5, 0.6) is 5.75 Å². The quantitative estimate of drug-likeness (QED) is 0.179. The average molecular weight is 555 g/mol. The van der Waals surface area contributed by atoms with E-state index >= 15 is 0 Å². The maximum Gasteiger partial charge on any atom is 0.323 e. The number of allylic oxidation sites excluding steroid dienone is 1. The summed E-state index contributed by atoms with van der Waals surface area (Å²) >= 11 is 0. The molecule has 0 aliphatic rings. The van der Waals surface area contributed by atoms with E-state index in [-0.39, 0.29) is 41.6 Å². The van der Waals surface area contributed by atoms with E-state index in [9.17, 15) is 18.4 Å². The zero-order valence-electron chi connectivity index (χ0n) is 22.6. The first-order chi connectivity index (χ1) is 19.0. The van der Waals surface area contributed by atoms with Crippen LogP contribution < -0.4 is 26.4 Å². The van der Waals surface area contributed by atoms with Crippen LogP contribution in [0, 0.1) is 17.6 Å². The Balaban J connectivity index is 1.63. The maximum atomic E-state index is 14.7. The number of halogens is 2. The van der Waals surface area contributed by atoms with Gasteiger partial charge in [0.05, 0.1) is 6.20 Å². The van der Waals surface area contributed by atoms with Gasteiger partial charge in [0.25, 0.3) is 0 Å². The first-order valence-electron chi connectivity index (χ1n) is 12.5. The number of nitrogens with two attached hydrogens (primary N) is 1. The van der Waals surface area contributed by atoms with E-state index in [4.69, 9.17) is 15.2 Å². The van der Waals surface area contributed by atoms with Crippen LogP contribution in [0.1, 0.15) is 27.7 Å². The number of amides is 1. The fourth-order valence-corrected chi connectivity index (χ4v) is 3.28. The predicted octanol–water partition coefficient (Wildman–Crippen LogP) is 5.05. The smallest absolute Gasteiger partial charge is 0.323 e. The fraction of sp³-hybridized carbons (Fsp3) is 0.286. The van der Waals surface area contributed by atoms with E-state index < -0.39 is 29.7 Å². The van der Waals surface area contributed by atoms with Gasteiger partial charge in [-0.1, -0.05) is 26.0 Å². The highest BCUT2D eigenvalue weighted by Gasteiger charge is 2.20. The Hall–Kier alpha value is -4.58. The van der Waals surface area contributed by atoms with Crippen LogP contribution in [-0.2, 0) is 14.3 Å². The van der Waals surface area contributed by atoms with Crippen molar-refractivity contribution in [3.05, 3.63) is 72.4 Å². The number of hydrogen-bond acceptors (Lipinski definition) is 9. The Kier molecular flexibility index (Phi) is 10.5. The van der Waals surface area contributed by atoms with E-state index in [1.54, 1.807) is 58.0 Å². The topological polar surface area (TPSA) is 140 Å². The molecule has 0 spiro atoms. The van der Waals surface area contributed by atoms with Crippen LogP contribution >= 0.6 is 0 Å². The van der Waals surface area contributed by atoms with Gasteiger partial charge in [-0.15, -0.1) is 0 Å². The molecule has 1 amide bonds. The summed E-state index contributed by atoms with van der Waals surface area (Å²) in [6.45, 7) is 6.87. The fourth-order valence-electron chi connectivity index (χ4n) is 3.28. The molecule has 1 heterocycles. The molecule has 0 radical (unpaired) electrons. The van der Waals surface area contributed by atoms with Gasteiger partial charge in [0.1, 0.15) is 18.8 Å². The van der Waals surface area contributed by atoms with Crippen molar-refractivity contribution in [3.63, 3.8) is 0 Å². The van der Waals surface area contributed by atoms with Crippen LogP contribution in [0.3, 0.4) is 0 Å². The molecule has 0 aliphatic carbocycles. The number of carbonyl (C=O) groups excluding carboxylic acids is 2. The van der Waals surface area contributed by atoms with Gasteiger partial charge in [-0.25, -0.2) is 13.8 Å². The lowest BCUT2D eigenvalue weighted by molar-refractivity contribution is -0.148. The predicted molar refractivity (Wildman–Crippen MR) is 149 cm³/mol. The lowest BCUT2D eigenvalue weighted by Gasteiger charge is -2.18. The molecule has 2 atom stereocenters. The molecule has 3 rings (SSSR count). The first-order valence-corrected chi connectivity index (χ1v) is 12.5. The van der Waals surface area contributed by atoms with Crippen LogP contribution in [0.15, 0.2) is 60.8 Å². The number of nitrogens with zero attached hydrogens (tertiary/aromatic N) is 2. The third-order valence-corrected chi connectivity index (χ3v) is 5.42. The molecule has 5 N–H and O–H groups in total. The summed E-state index contributed by atoms with van der Waals surface area (Å²) in [5.41, 5.74) is 7.02. The summed E-state index contributed by atoms with van der Waals surface area (Å²) < 4.78 is 39.8. The minimum absolute atomic E-state index is 0.0104. The summed E-state index contributed by atoms with van der Waals surface area (Å²) in [6.07, 6.45) is 3.34. The summed E-state index contributed by atoms with van der Waals surface area (Å²) in [4.78, 5) is 31.7. The van der Waals surface area contributed by atoms with E-state index in [2.05, 4.69) is 25.9 Å². The van der Waals surface area contributed by atoms with Crippen molar-refractivity contribution in [2.75, 3.05) is 22.6 Å². The number of benzene rings is 2. The molecule has 2 aromatic carbocycles. The highest BCUT2D eigenvalue weighted by atomic mass is 19.1. The summed E-state index contributed by atoms with van der Waals surface area (Å²) in [5.74, 6) is -2.49. The second-order valence-electron chi connectivity index (χ2n) is 9.18.